The van der Waals surface area contributed by atoms with Crippen molar-refractivity contribution in [3.05, 3.63) is 44.8 Å². The second kappa shape index (κ2) is 7.87. The Morgan fingerprint density at radius 1 is 1.32 bits per heavy atom. The molecule has 1 amide bonds. The Labute approximate surface area is 138 Å². The highest BCUT2D eigenvalue weighted by Gasteiger charge is 2.23. The second-order valence-corrected chi connectivity index (χ2v) is 7.09. The molecule has 6 heteroatoms. The number of ether oxygens (including phenoxy) is 1. The summed E-state index contributed by atoms with van der Waals surface area (Å²) in [5.74, 6) is 0.0935. The standard InChI is InChI=1S/C16H20N2O2S2/c19-16(10-14-2-1-8-22-14)17-11-15(13-3-9-21-12-13)18-4-6-20-7-5-18/h1-3,8-9,12,15H,4-7,10-11H2,(H,17,19)/t15-/m1/s1. The van der Waals surface area contributed by atoms with Gasteiger partial charge in [0.1, 0.15) is 0 Å². The minimum Gasteiger partial charge on any atom is -0.379 e. The van der Waals surface area contributed by atoms with Crippen LogP contribution in [0.15, 0.2) is 34.3 Å². The first-order chi connectivity index (χ1) is 10.8. The summed E-state index contributed by atoms with van der Waals surface area (Å²) in [5.41, 5.74) is 1.28. The maximum Gasteiger partial charge on any atom is 0.225 e. The zero-order valence-corrected chi connectivity index (χ0v) is 14.0. The van der Waals surface area contributed by atoms with Gasteiger partial charge in [-0.25, -0.2) is 0 Å². The molecule has 22 heavy (non-hydrogen) atoms. The maximum atomic E-state index is 12.1. The van der Waals surface area contributed by atoms with Crippen molar-refractivity contribution in [3.63, 3.8) is 0 Å². The van der Waals surface area contributed by atoms with Gasteiger partial charge in [0.25, 0.3) is 0 Å². The van der Waals surface area contributed by atoms with E-state index in [4.69, 9.17) is 4.74 Å². The molecule has 1 aliphatic heterocycles. The van der Waals surface area contributed by atoms with Crippen LogP contribution >= 0.6 is 22.7 Å². The van der Waals surface area contributed by atoms with Crippen molar-refractivity contribution >= 4 is 28.6 Å². The molecule has 0 aliphatic carbocycles. The molecule has 1 aliphatic rings. The van der Waals surface area contributed by atoms with Crippen LogP contribution in [0.3, 0.4) is 0 Å². The van der Waals surface area contributed by atoms with E-state index in [9.17, 15) is 4.79 Å². The lowest BCUT2D eigenvalue weighted by Gasteiger charge is -2.34. The number of nitrogens with one attached hydrogen (secondary N) is 1. The summed E-state index contributed by atoms with van der Waals surface area (Å²) in [7, 11) is 0. The molecule has 2 aromatic heterocycles. The highest BCUT2D eigenvalue weighted by molar-refractivity contribution is 7.10. The quantitative estimate of drug-likeness (QED) is 0.881. The van der Waals surface area contributed by atoms with Gasteiger partial charge in [0, 0.05) is 24.5 Å². The highest BCUT2D eigenvalue weighted by atomic mass is 32.1. The fourth-order valence-electron chi connectivity index (χ4n) is 2.66. The van der Waals surface area contributed by atoms with Crippen molar-refractivity contribution < 1.29 is 9.53 Å². The van der Waals surface area contributed by atoms with E-state index in [1.807, 2.05) is 17.5 Å². The van der Waals surface area contributed by atoms with Gasteiger partial charge in [0.2, 0.25) is 5.91 Å². The summed E-state index contributed by atoms with van der Waals surface area (Å²) in [5, 5.41) is 9.37. The molecule has 1 fully saturated rings. The fourth-order valence-corrected chi connectivity index (χ4v) is 4.07. The van der Waals surface area contributed by atoms with E-state index >= 15 is 0 Å². The number of morpholine rings is 1. The summed E-state index contributed by atoms with van der Waals surface area (Å²) in [6.45, 7) is 4.02. The molecule has 0 unspecified atom stereocenters. The van der Waals surface area contributed by atoms with Crippen molar-refractivity contribution in [1.29, 1.82) is 0 Å². The second-order valence-electron chi connectivity index (χ2n) is 5.28. The fraction of sp³-hybridized carbons (Fsp3) is 0.438. The van der Waals surface area contributed by atoms with E-state index in [1.54, 1.807) is 22.7 Å². The molecular weight excluding hydrogens is 316 g/mol. The van der Waals surface area contributed by atoms with Crippen LogP contribution in [0.5, 0.6) is 0 Å². The van der Waals surface area contributed by atoms with Crippen molar-refractivity contribution in [2.45, 2.75) is 12.5 Å². The van der Waals surface area contributed by atoms with Crippen molar-refractivity contribution in [3.8, 4) is 0 Å². The largest absolute Gasteiger partial charge is 0.379 e. The van der Waals surface area contributed by atoms with Crippen molar-refractivity contribution in [2.24, 2.45) is 0 Å². The van der Waals surface area contributed by atoms with Gasteiger partial charge in [-0.15, -0.1) is 11.3 Å². The van der Waals surface area contributed by atoms with E-state index in [-0.39, 0.29) is 11.9 Å². The Morgan fingerprint density at radius 3 is 2.86 bits per heavy atom. The summed E-state index contributed by atoms with van der Waals surface area (Å²) in [6.07, 6.45) is 0.469. The Kier molecular flexibility index (Phi) is 5.61. The Hall–Kier alpha value is -1.21. The van der Waals surface area contributed by atoms with Crippen LogP contribution < -0.4 is 5.32 Å². The van der Waals surface area contributed by atoms with E-state index < -0.39 is 0 Å². The zero-order valence-electron chi connectivity index (χ0n) is 12.4. The molecular formula is C16H20N2O2S2. The van der Waals surface area contributed by atoms with Crippen LogP contribution in [0.2, 0.25) is 0 Å². The third kappa shape index (κ3) is 4.16. The average Bonchev–Trinajstić information content (AvgIpc) is 3.22. The number of hydrogen-bond donors (Lipinski definition) is 1. The van der Waals surface area contributed by atoms with Crippen molar-refractivity contribution in [2.75, 3.05) is 32.8 Å². The summed E-state index contributed by atoms with van der Waals surface area (Å²) in [4.78, 5) is 15.6. The molecule has 118 valence electrons. The SMILES string of the molecule is O=C(Cc1cccs1)NC[C@H](c1ccsc1)N1CCOCC1. The first-order valence-corrected chi connectivity index (χ1v) is 9.28. The number of carbonyl (C=O) groups is 1. The van der Waals surface area contributed by atoms with Gasteiger partial charge in [-0.2, -0.15) is 11.3 Å². The predicted molar refractivity (Wildman–Crippen MR) is 90.5 cm³/mol. The molecule has 1 N–H and O–H groups in total. The number of hydrogen-bond acceptors (Lipinski definition) is 5. The molecule has 3 heterocycles. The first-order valence-electron chi connectivity index (χ1n) is 7.46. The minimum atomic E-state index is 0.0935. The van der Waals surface area contributed by atoms with Crippen LogP contribution in [-0.4, -0.2) is 43.7 Å². The van der Waals surface area contributed by atoms with Crippen LogP contribution in [0.1, 0.15) is 16.5 Å². The summed E-state index contributed by atoms with van der Waals surface area (Å²) >= 11 is 3.33. The lowest BCUT2D eigenvalue weighted by molar-refractivity contribution is -0.120. The van der Waals surface area contributed by atoms with E-state index in [0.29, 0.717) is 13.0 Å². The van der Waals surface area contributed by atoms with Crippen molar-refractivity contribution in [1.82, 2.24) is 10.2 Å². The normalized spacial score (nSPS) is 17.3. The molecule has 3 rings (SSSR count). The predicted octanol–water partition coefficient (Wildman–Crippen LogP) is 2.54. The van der Waals surface area contributed by atoms with E-state index in [0.717, 1.165) is 31.2 Å². The van der Waals surface area contributed by atoms with Crippen LogP contribution in [-0.2, 0) is 16.0 Å². The summed E-state index contributed by atoms with van der Waals surface area (Å²) in [6, 6.07) is 6.37. The average molecular weight is 336 g/mol. The molecule has 0 saturated carbocycles. The molecule has 1 saturated heterocycles. The summed E-state index contributed by atoms with van der Waals surface area (Å²) < 4.78 is 5.44. The third-order valence-corrected chi connectivity index (χ3v) is 5.40. The van der Waals surface area contributed by atoms with Gasteiger partial charge >= 0.3 is 0 Å². The molecule has 0 aromatic carbocycles. The van der Waals surface area contributed by atoms with Gasteiger partial charge in [-0.05, 0) is 33.8 Å². The van der Waals surface area contributed by atoms with E-state index in [2.05, 4.69) is 27.0 Å². The molecule has 0 bridgehead atoms. The molecule has 2 aromatic rings. The lowest BCUT2D eigenvalue weighted by atomic mass is 10.1. The topological polar surface area (TPSA) is 41.6 Å². The van der Waals surface area contributed by atoms with Gasteiger partial charge in [-0.1, -0.05) is 6.07 Å². The molecule has 0 spiro atoms. The van der Waals surface area contributed by atoms with Gasteiger partial charge in [0.15, 0.2) is 0 Å². The maximum absolute atomic E-state index is 12.1. The van der Waals surface area contributed by atoms with E-state index in [1.165, 1.54) is 5.56 Å². The van der Waals surface area contributed by atoms with Crippen LogP contribution in [0.4, 0.5) is 0 Å². The highest BCUT2D eigenvalue weighted by Crippen LogP contribution is 2.23. The number of amides is 1. The number of carbonyl (C=O) groups excluding carboxylic acids is 1. The molecule has 4 nitrogen and oxygen atoms in total. The third-order valence-electron chi connectivity index (χ3n) is 3.82. The smallest absolute Gasteiger partial charge is 0.225 e. The molecule has 0 radical (unpaired) electrons. The number of nitrogens with zero attached hydrogens (tertiary/aromatic N) is 1. The number of rotatable bonds is 6. The lowest BCUT2D eigenvalue weighted by Crippen LogP contribution is -2.43. The molecule has 1 atom stereocenters. The van der Waals surface area contributed by atoms with Crippen LogP contribution in [0, 0.1) is 0 Å². The minimum absolute atomic E-state index is 0.0935. The Morgan fingerprint density at radius 2 is 2.18 bits per heavy atom. The monoisotopic (exact) mass is 336 g/mol. The van der Waals surface area contributed by atoms with Gasteiger partial charge in [0.05, 0.1) is 25.7 Å². The number of thiophene rings is 2. The zero-order chi connectivity index (χ0) is 15.2. The van der Waals surface area contributed by atoms with Gasteiger partial charge in [-0.3, -0.25) is 9.69 Å². The van der Waals surface area contributed by atoms with Crippen LogP contribution in [0.25, 0.3) is 0 Å². The van der Waals surface area contributed by atoms with Gasteiger partial charge < -0.3 is 10.1 Å². The Balaban J connectivity index is 1.59. The Bertz CT molecular complexity index is 563. The first kappa shape index (κ1) is 15.7.